The summed E-state index contributed by atoms with van der Waals surface area (Å²) >= 11 is 1.11. The normalized spacial score (nSPS) is 13.9. The van der Waals surface area contributed by atoms with Crippen LogP contribution in [0, 0.1) is 6.92 Å². The minimum atomic E-state index is -0.840. The Bertz CT molecular complexity index is 1410. The van der Waals surface area contributed by atoms with Crippen molar-refractivity contribution < 1.29 is 18.7 Å². The molecule has 1 aliphatic rings. The first kappa shape index (κ1) is 22.6. The van der Waals surface area contributed by atoms with E-state index in [1.54, 1.807) is 24.1 Å². The average molecular weight is 497 g/mol. The van der Waals surface area contributed by atoms with Crippen molar-refractivity contribution >= 4 is 34.0 Å². The third-order valence-electron chi connectivity index (χ3n) is 5.31. The number of amides is 1. The molecule has 2 N–H and O–H groups in total. The molecule has 13 nitrogen and oxygen atoms in total. The van der Waals surface area contributed by atoms with E-state index in [0.717, 1.165) is 29.9 Å². The van der Waals surface area contributed by atoms with Crippen LogP contribution in [0.15, 0.2) is 46.0 Å². The molecule has 35 heavy (non-hydrogen) atoms. The maximum Gasteiger partial charge on any atom is 0.381 e. The molecule has 1 saturated carbocycles. The summed E-state index contributed by atoms with van der Waals surface area (Å²) in [5, 5.41) is 18.3. The number of nitrogens with zero attached hydrogens (tertiary/aromatic N) is 6. The van der Waals surface area contributed by atoms with E-state index in [1.165, 1.54) is 18.5 Å². The van der Waals surface area contributed by atoms with Gasteiger partial charge in [-0.25, -0.2) is 19.4 Å². The van der Waals surface area contributed by atoms with E-state index in [-0.39, 0.29) is 34.9 Å². The van der Waals surface area contributed by atoms with E-state index in [4.69, 9.17) is 13.9 Å². The molecule has 0 saturated heterocycles. The predicted molar refractivity (Wildman–Crippen MR) is 124 cm³/mol. The highest BCUT2D eigenvalue weighted by Crippen LogP contribution is 2.39. The summed E-state index contributed by atoms with van der Waals surface area (Å²) in [6, 6.07) is 4.81. The lowest BCUT2D eigenvalue weighted by atomic mass is 10.3. The highest BCUT2D eigenvalue weighted by Gasteiger charge is 2.44. The summed E-state index contributed by atoms with van der Waals surface area (Å²) in [6.45, 7) is 2.03. The first-order valence-electron chi connectivity index (χ1n) is 10.5. The molecular weight excluding hydrogens is 476 g/mol. The van der Waals surface area contributed by atoms with Crippen molar-refractivity contribution in [2.24, 2.45) is 0 Å². The van der Waals surface area contributed by atoms with Crippen molar-refractivity contribution in [3.05, 3.63) is 58.7 Å². The first-order valence-corrected chi connectivity index (χ1v) is 11.3. The lowest BCUT2D eigenvalue weighted by Gasteiger charge is -2.16. The van der Waals surface area contributed by atoms with Crippen molar-refractivity contribution in [3.63, 3.8) is 0 Å². The van der Waals surface area contributed by atoms with Gasteiger partial charge in [0.2, 0.25) is 22.0 Å². The van der Waals surface area contributed by atoms with E-state index in [9.17, 15) is 9.59 Å². The lowest BCUT2D eigenvalue weighted by Crippen LogP contribution is -2.25. The molecule has 1 aliphatic carbocycles. The lowest BCUT2D eigenvalue weighted by molar-refractivity contribution is 0.0360. The summed E-state index contributed by atoms with van der Waals surface area (Å²) in [5.74, 6) is -0.850. The molecule has 14 heteroatoms. The van der Waals surface area contributed by atoms with Crippen LogP contribution < -0.4 is 21.0 Å². The van der Waals surface area contributed by atoms with E-state index >= 15 is 0 Å². The van der Waals surface area contributed by atoms with Gasteiger partial charge in [0.25, 0.3) is 5.91 Å². The Kier molecular flexibility index (Phi) is 5.96. The molecule has 0 aliphatic heterocycles. The van der Waals surface area contributed by atoms with Crippen LogP contribution in [0.2, 0.25) is 0 Å². The molecule has 1 amide bonds. The van der Waals surface area contributed by atoms with Crippen molar-refractivity contribution in [3.8, 4) is 10.9 Å². The molecule has 4 aromatic heterocycles. The number of aryl methyl sites for hydroxylation is 1. The molecule has 0 spiro atoms. The molecule has 180 valence electrons. The van der Waals surface area contributed by atoms with Crippen LogP contribution >= 0.6 is 11.3 Å². The van der Waals surface area contributed by atoms with Gasteiger partial charge in [-0.1, -0.05) is 11.3 Å². The van der Waals surface area contributed by atoms with Crippen molar-refractivity contribution in [2.75, 3.05) is 24.4 Å². The van der Waals surface area contributed by atoms with Gasteiger partial charge in [-0.3, -0.25) is 10.1 Å². The second-order valence-corrected chi connectivity index (χ2v) is 8.70. The van der Waals surface area contributed by atoms with Gasteiger partial charge < -0.3 is 19.2 Å². The average Bonchev–Trinajstić information content (AvgIpc) is 3.28. The summed E-state index contributed by atoms with van der Waals surface area (Å²) < 4.78 is 18.1. The topological polar surface area (TPSA) is 159 Å². The minimum absolute atomic E-state index is 0.107. The number of carbonyl (C=O) groups is 1. The SMILES string of the molecule is COC1(COc2c(Nc3ncccn3)cc(C(=O)Nc3nnc(-n4nccc4C)s3)oc2=O)CC1. The number of ether oxygens (including phenoxy) is 2. The standard InChI is InChI=1S/C21H20N8O5S/c1-12-4-9-24-29(12)20-28-27-19(35-20)26-16(30)14-10-13(25-18-22-7-3-8-23-18)15(17(31)34-14)33-11-21(32-2)5-6-21/h3-4,7-10H,5-6,11H2,1-2H3,(H,22,23,25)(H,26,27,30). The fourth-order valence-electron chi connectivity index (χ4n) is 3.14. The van der Waals surface area contributed by atoms with Gasteiger partial charge in [0, 0.05) is 37.5 Å². The highest BCUT2D eigenvalue weighted by molar-refractivity contribution is 7.17. The number of nitrogens with one attached hydrogen (secondary N) is 2. The Morgan fingerprint density at radius 2 is 2.06 bits per heavy atom. The summed E-state index contributed by atoms with van der Waals surface area (Å²) in [6.07, 6.45) is 6.35. The van der Waals surface area contributed by atoms with Gasteiger partial charge in [-0.2, -0.15) is 5.10 Å². The van der Waals surface area contributed by atoms with Gasteiger partial charge >= 0.3 is 5.63 Å². The Morgan fingerprint density at radius 3 is 2.74 bits per heavy atom. The first-order chi connectivity index (χ1) is 17.0. The van der Waals surface area contributed by atoms with Crippen LogP contribution in [-0.2, 0) is 4.74 Å². The van der Waals surface area contributed by atoms with Crippen molar-refractivity contribution in [1.29, 1.82) is 0 Å². The van der Waals surface area contributed by atoms with Crippen molar-refractivity contribution in [2.45, 2.75) is 25.4 Å². The molecule has 0 radical (unpaired) electrons. The maximum atomic E-state index is 12.9. The van der Waals surface area contributed by atoms with Crippen LogP contribution in [0.4, 0.5) is 16.8 Å². The Morgan fingerprint density at radius 1 is 1.26 bits per heavy atom. The zero-order valence-corrected chi connectivity index (χ0v) is 19.5. The molecule has 1 fully saturated rings. The van der Waals surface area contributed by atoms with Crippen LogP contribution in [0.3, 0.4) is 0 Å². The second kappa shape index (κ2) is 9.23. The van der Waals surface area contributed by atoms with Crippen LogP contribution in [0.5, 0.6) is 5.75 Å². The Balaban J connectivity index is 1.40. The molecular formula is C21H20N8O5S. The highest BCUT2D eigenvalue weighted by atomic mass is 32.1. The molecule has 0 atom stereocenters. The smallest absolute Gasteiger partial charge is 0.381 e. The van der Waals surface area contributed by atoms with E-state index in [1.807, 2.05) is 13.0 Å². The quantitative estimate of drug-likeness (QED) is 0.350. The number of rotatable bonds is 9. The van der Waals surface area contributed by atoms with Crippen LogP contribution in [-0.4, -0.2) is 55.2 Å². The third-order valence-corrected chi connectivity index (χ3v) is 6.13. The molecule has 0 aromatic carbocycles. The summed E-state index contributed by atoms with van der Waals surface area (Å²) in [4.78, 5) is 33.9. The zero-order chi connectivity index (χ0) is 24.4. The van der Waals surface area contributed by atoms with E-state index in [0.29, 0.717) is 5.13 Å². The second-order valence-electron chi connectivity index (χ2n) is 7.74. The van der Waals surface area contributed by atoms with Crippen LogP contribution in [0.1, 0.15) is 29.1 Å². The summed E-state index contributed by atoms with van der Waals surface area (Å²) in [5.41, 5.74) is -0.227. The van der Waals surface area contributed by atoms with Gasteiger partial charge in [0.15, 0.2) is 5.76 Å². The number of anilines is 3. The number of hydrogen-bond acceptors (Lipinski definition) is 12. The number of hydrogen-bond donors (Lipinski definition) is 2. The maximum absolute atomic E-state index is 12.9. The molecule has 0 bridgehead atoms. The Labute approximate surface area is 202 Å². The monoisotopic (exact) mass is 496 g/mol. The number of carbonyl (C=O) groups excluding carboxylic acids is 1. The number of methoxy groups -OCH3 is 1. The van der Waals surface area contributed by atoms with Crippen LogP contribution in [0.25, 0.3) is 5.13 Å². The van der Waals surface area contributed by atoms with E-state index < -0.39 is 17.1 Å². The Hall–Kier alpha value is -4.17. The minimum Gasteiger partial charge on any atom is -0.482 e. The molecule has 4 heterocycles. The molecule has 5 rings (SSSR count). The fraction of sp³-hybridized carbons (Fsp3) is 0.286. The van der Waals surface area contributed by atoms with E-state index in [2.05, 4.69) is 35.9 Å². The zero-order valence-electron chi connectivity index (χ0n) is 18.7. The van der Waals surface area contributed by atoms with Crippen molar-refractivity contribution in [1.82, 2.24) is 29.9 Å². The number of aromatic nitrogens is 6. The fourth-order valence-corrected chi connectivity index (χ4v) is 3.90. The molecule has 4 aromatic rings. The van der Waals surface area contributed by atoms with Gasteiger partial charge in [-0.15, -0.1) is 10.2 Å². The van der Waals surface area contributed by atoms with Gasteiger partial charge in [0.1, 0.15) is 12.2 Å². The largest absolute Gasteiger partial charge is 0.482 e. The van der Waals surface area contributed by atoms with Gasteiger partial charge in [0.05, 0.1) is 5.69 Å². The molecule has 0 unspecified atom stereocenters. The summed E-state index contributed by atoms with van der Waals surface area (Å²) in [7, 11) is 1.59. The third kappa shape index (κ3) is 4.88. The van der Waals surface area contributed by atoms with Gasteiger partial charge in [-0.05, 0) is 31.9 Å². The predicted octanol–water partition coefficient (Wildman–Crippen LogP) is 2.33.